The van der Waals surface area contributed by atoms with E-state index >= 15 is 0 Å². The van der Waals surface area contributed by atoms with Gasteiger partial charge in [0.15, 0.2) is 0 Å². The first-order valence-electron chi connectivity index (χ1n) is 7.91. The van der Waals surface area contributed by atoms with E-state index in [1.807, 2.05) is 51.1 Å². The van der Waals surface area contributed by atoms with E-state index in [-0.39, 0.29) is 5.91 Å². The van der Waals surface area contributed by atoms with Crippen molar-refractivity contribution in [3.63, 3.8) is 0 Å². The summed E-state index contributed by atoms with van der Waals surface area (Å²) in [6, 6.07) is 11.9. The molecule has 1 amide bonds. The van der Waals surface area contributed by atoms with Gasteiger partial charge in [-0.15, -0.1) is 0 Å². The zero-order valence-electron chi connectivity index (χ0n) is 14.5. The van der Waals surface area contributed by atoms with E-state index in [9.17, 15) is 4.79 Å². The Hall–Kier alpha value is -2.36. The number of aromatic nitrogens is 1. The first kappa shape index (κ1) is 17.0. The van der Waals surface area contributed by atoms with Crippen LogP contribution in [0.2, 0.25) is 0 Å². The average molecular weight is 311 g/mol. The molecular formula is C19H25N3O. The Labute approximate surface area is 138 Å². The van der Waals surface area contributed by atoms with Gasteiger partial charge in [-0.3, -0.25) is 4.79 Å². The van der Waals surface area contributed by atoms with Gasteiger partial charge in [-0.2, -0.15) is 0 Å². The number of amides is 1. The highest BCUT2D eigenvalue weighted by molar-refractivity contribution is 5.94. The lowest BCUT2D eigenvalue weighted by molar-refractivity contribution is -0.123. The minimum atomic E-state index is -0.423. The van der Waals surface area contributed by atoms with E-state index in [1.54, 1.807) is 6.20 Å². The zero-order valence-corrected chi connectivity index (χ0v) is 14.5. The molecule has 0 saturated carbocycles. The lowest BCUT2D eigenvalue weighted by Gasteiger charge is -2.18. The van der Waals surface area contributed by atoms with Gasteiger partial charge in [-0.1, -0.05) is 52.8 Å². The Morgan fingerprint density at radius 1 is 1.09 bits per heavy atom. The number of pyridine rings is 1. The molecule has 0 aliphatic carbocycles. The number of carbonyl (C=O) groups is 1. The number of nitrogens with one attached hydrogen (secondary N) is 2. The van der Waals surface area contributed by atoms with E-state index < -0.39 is 5.41 Å². The van der Waals surface area contributed by atoms with Crippen LogP contribution in [0.25, 0.3) is 0 Å². The lowest BCUT2D eigenvalue weighted by atomic mass is 9.96. The van der Waals surface area contributed by atoms with Gasteiger partial charge in [0.2, 0.25) is 5.91 Å². The molecule has 0 fully saturated rings. The fraction of sp³-hybridized carbons (Fsp3) is 0.368. The molecule has 4 heteroatoms. The number of para-hydroxylation sites is 1. The maximum Gasteiger partial charge on any atom is 0.229 e. The van der Waals surface area contributed by atoms with Crippen molar-refractivity contribution in [1.82, 2.24) is 4.98 Å². The molecule has 0 atom stereocenters. The van der Waals surface area contributed by atoms with Gasteiger partial charge < -0.3 is 10.6 Å². The van der Waals surface area contributed by atoms with Crippen LogP contribution >= 0.6 is 0 Å². The van der Waals surface area contributed by atoms with Crippen LogP contribution in [0.4, 0.5) is 17.2 Å². The fourth-order valence-electron chi connectivity index (χ4n) is 2.11. The summed E-state index contributed by atoms with van der Waals surface area (Å²) < 4.78 is 0. The minimum absolute atomic E-state index is 0.0230. The fourth-order valence-corrected chi connectivity index (χ4v) is 2.11. The maximum absolute atomic E-state index is 12.0. The zero-order chi connectivity index (χ0) is 17.0. The monoisotopic (exact) mass is 311 g/mol. The first-order valence-corrected chi connectivity index (χ1v) is 7.91. The summed E-state index contributed by atoms with van der Waals surface area (Å²) >= 11 is 0. The summed E-state index contributed by atoms with van der Waals surface area (Å²) in [4.78, 5) is 16.4. The number of anilines is 3. The van der Waals surface area contributed by atoms with Gasteiger partial charge in [0.25, 0.3) is 0 Å². The molecule has 2 N–H and O–H groups in total. The van der Waals surface area contributed by atoms with Gasteiger partial charge in [0.05, 0.1) is 11.9 Å². The van der Waals surface area contributed by atoms with Crippen molar-refractivity contribution < 1.29 is 4.79 Å². The molecule has 23 heavy (non-hydrogen) atoms. The number of hydrogen-bond acceptors (Lipinski definition) is 3. The molecule has 2 rings (SSSR count). The highest BCUT2D eigenvalue weighted by atomic mass is 16.2. The largest absolute Gasteiger partial charge is 0.340 e. The number of benzene rings is 1. The van der Waals surface area contributed by atoms with Crippen LogP contribution < -0.4 is 10.6 Å². The van der Waals surface area contributed by atoms with Crippen LogP contribution in [0.5, 0.6) is 0 Å². The Balaban J connectivity index is 2.11. The second-order valence-corrected chi connectivity index (χ2v) is 7.00. The molecule has 1 aromatic carbocycles. The first-order chi connectivity index (χ1) is 10.8. The Bertz CT molecular complexity index is 670. The molecule has 4 nitrogen and oxygen atoms in total. The van der Waals surface area contributed by atoms with Crippen molar-refractivity contribution in [3.8, 4) is 0 Å². The molecular weight excluding hydrogens is 286 g/mol. The van der Waals surface area contributed by atoms with Crippen molar-refractivity contribution in [1.29, 1.82) is 0 Å². The summed E-state index contributed by atoms with van der Waals surface area (Å²) in [5, 5.41) is 6.21. The molecule has 0 aliphatic rings. The molecule has 0 spiro atoms. The van der Waals surface area contributed by atoms with Crippen molar-refractivity contribution in [2.75, 3.05) is 10.6 Å². The summed E-state index contributed by atoms with van der Waals surface area (Å²) in [5.74, 6) is 1.17. The minimum Gasteiger partial charge on any atom is -0.340 e. The topological polar surface area (TPSA) is 54.0 Å². The van der Waals surface area contributed by atoms with E-state index in [0.29, 0.717) is 11.6 Å². The van der Waals surface area contributed by atoms with E-state index in [2.05, 4.69) is 35.5 Å². The molecule has 1 heterocycles. The molecule has 0 saturated heterocycles. The predicted molar refractivity (Wildman–Crippen MR) is 96.1 cm³/mol. The summed E-state index contributed by atoms with van der Waals surface area (Å²) in [6.07, 6.45) is 1.67. The SMILES string of the molecule is CC(C)c1ccccc1Nc1ccc(NC(=O)C(C)(C)C)cn1. The quantitative estimate of drug-likeness (QED) is 0.841. The van der Waals surface area contributed by atoms with Crippen molar-refractivity contribution >= 4 is 23.1 Å². The van der Waals surface area contributed by atoms with Crippen LogP contribution in [-0.4, -0.2) is 10.9 Å². The number of nitrogens with zero attached hydrogens (tertiary/aromatic N) is 1. The summed E-state index contributed by atoms with van der Waals surface area (Å²) in [7, 11) is 0. The molecule has 0 aliphatic heterocycles. The van der Waals surface area contributed by atoms with Gasteiger partial charge in [-0.25, -0.2) is 4.98 Å². The molecule has 2 aromatic rings. The standard InChI is InChI=1S/C19H25N3O/c1-13(2)15-8-6-7-9-16(15)22-17-11-10-14(12-20-17)21-18(23)19(3,4)5/h6-13H,1-5H3,(H,20,22)(H,21,23). The average Bonchev–Trinajstić information content (AvgIpc) is 2.48. The van der Waals surface area contributed by atoms with E-state index in [0.717, 1.165) is 11.5 Å². The van der Waals surface area contributed by atoms with E-state index in [1.165, 1.54) is 5.56 Å². The van der Waals surface area contributed by atoms with Crippen LogP contribution in [0.15, 0.2) is 42.6 Å². The van der Waals surface area contributed by atoms with Crippen LogP contribution in [0.3, 0.4) is 0 Å². The molecule has 0 unspecified atom stereocenters. The Morgan fingerprint density at radius 2 is 1.78 bits per heavy atom. The number of hydrogen-bond donors (Lipinski definition) is 2. The van der Waals surface area contributed by atoms with Crippen molar-refractivity contribution in [2.24, 2.45) is 5.41 Å². The van der Waals surface area contributed by atoms with Gasteiger partial charge in [0, 0.05) is 11.1 Å². The lowest BCUT2D eigenvalue weighted by Crippen LogP contribution is -2.27. The number of rotatable bonds is 4. The second-order valence-electron chi connectivity index (χ2n) is 7.00. The summed E-state index contributed by atoms with van der Waals surface area (Å²) in [5.41, 5.74) is 2.58. The van der Waals surface area contributed by atoms with Gasteiger partial charge in [0.1, 0.15) is 5.82 Å². The van der Waals surface area contributed by atoms with Gasteiger partial charge in [-0.05, 0) is 29.7 Å². The highest BCUT2D eigenvalue weighted by Gasteiger charge is 2.21. The third kappa shape index (κ3) is 4.55. The number of carbonyl (C=O) groups excluding carboxylic acids is 1. The molecule has 1 aromatic heterocycles. The maximum atomic E-state index is 12.0. The van der Waals surface area contributed by atoms with E-state index in [4.69, 9.17) is 0 Å². The third-order valence-electron chi connectivity index (χ3n) is 3.55. The Morgan fingerprint density at radius 3 is 2.35 bits per heavy atom. The normalized spacial score (nSPS) is 11.4. The molecule has 0 bridgehead atoms. The smallest absolute Gasteiger partial charge is 0.229 e. The van der Waals surface area contributed by atoms with Gasteiger partial charge >= 0.3 is 0 Å². The highest BCUT2D eigenvalue weighted by Crippen LogP contribution is 2.26. The molecule has 122 valence electrons. The third-order valence-corrected chi connectivity index (χ3v) is 3.55. The van der Waals surface area contributed by atoms with Crippen LogP contribution in [-0.2, 0) is 4.79 Å². The van der Waals surface area contributed by atoms with Crippen LogP contribution in [0.1, 0.15) is 46.1 Å². The summed E-state index contributed by atoms with van der Waals surface area (Å²) in [6.45, 7) is 9.98. The molecule has 0 radical (unpaired) electrons. The Kier molecular flexibility index (Phi) is 5.04. The van der Waals surface area contributed by atoms with Crippen molar-refractivity contribution in [3.05, 3.63) is 48.2 Å². The predicted octanol–water partition coefficient (Wildman–Crippen LogP) is 4.93. The van der Waals surface area contributed by atoms with Crippen LogP contribution in [0, 0.1) is 5.41 Å². The van der Waals surface area contributed by atoms with Crippen molar-refractivity contribution in [2.45, 2.75) is 40.5 Å². The second kappa shape index (κ2) is 6.82.